The molecule has 0 radical (unpaired) electrons. The summed E-state index contributed by atoms with van der Waals surface area (Å²) in [6.45, 7) is 3.62. The molecule has 1 saturated carbocycles. The van der Waals surface area contributed by atoms with Gasteiger partial charge in [-0.05, 0) is 50.5 Å². The van der Waals surface area contributed by atoms with Crippen LogP contribution in [0.4, 0.5) is 10.1 Å². The van der Waals surface area contributed by atoms with Gasteiger partial charge in [-0.3, -0.25) is 14.6 Å². The first-order chi connectivity index (χ1) is 18.8. The van der Waals surface area contributed by atoms with Gasteiger partial charge in [0.05, 0.1) is 19.7 Å². The van der Waals surface area contributed by atoms with Crippen LogP contribution in [-0.2, 0) is 0 Å². The van der Waals surface area contributed by atoms with Crippen LogP contribution < -0.4 is 25.1 Å². The minimum absolute atomic E-state index is 0.0620. The molecule has 0 aliphatic heterocycles. The summed E-state index contributed by atoms with van der Waals surface area (Å²) in [7, 11) is 2.95. The number of nitrogens with zero attached hydrogens (tertiary/aromatic N) is 3. The number of nitrogens with one attached hydrogen (secondary N) is 1. The Morgan fingerprint density at radius 3 is 2.49 bits per heavy atom. The molecule has 202 valence electrons. The number of carbonyl (C=O) groups excluding carboxylic acids is 1. The molecule has 1 aliphatic carbocycles. The normalized spacial score (nSPS) is 13.5. The number of halogens is 1. The number of ether oxygens (including phenoxy) is 3. The molecular weight excluding hydrogens is 503 g/mol. The maximum Gasteiger partial charge on any atom is 0.264 e. The lowest BCUT2D eigenvalue weighted by Gasteiger charge is -2.19. The Kier molecular flexibility index (Phi) is 7.19. The Bertz CT molecular complexity index is 1630. The van der Waals surface area contributed by atoms with Gasteiger partial charge in [-0.15, -0.1) is 0 Å². The van der Waals surface area contributed by atoms with Gasteiger partial charge in [0.2, 0.25) is 0 Å². The summed E-state index contributed by atoms with van der Waals surface area (Å²) >= 11 is 0. The molecule has 3 heterocycles. The fourth-order valence-electron chi connectivity index (χ4n) is 5.16. The van der Waals surface area contributed by atoms with Crippen LogP contribution in [0.5, 0.6) is 23.1 Å². The van der Waals surface area contributed by atoms with E-state index in [9.17, 15) is 9.59 Å². The number of hydrogen-bond donors (Lipinski definition) is 1. The van der Waals surface area contributed by atoms with Crippen molar-refractivity contribution < 1.29 is 23.4 Å². The fourth-order valence-corrected chi connectivity index (χ4v) is 5.16. The summed E-state index contributed by atoms with van der Waals surface area (Å²) in [6, 6.07) is 9.21. The monoisotopic (exact) mass is 532 g/mol. The molecule has 0 unspecified atom stereocenters. The van der Waals surface area contributed by atoms with Crippen LogP contribution in [0.1, 0.15) is 53.3 Å². The lowest BCUT2D eigenvalue weighted by atomic mass is 10.1. The van der Waals surface area contributed by atoms with Crippen molar-refractivity contribution in [1.29, 1.82) is 0 Å². The standard InChI is InChI=1S/C29H29FN4O5/c1-16-13-17(2)34(19-7-5-6-8-19)29(36)25(16)27(35)32-18-9-10-22(20(30)14-18)39-23-11-12-31-21-15-24(37-3)28(38-4)33-26(21)23/h9-15,19H,5-8H2,1-4H3,(H,32,35). The van der Waals surface area contributed by atoms with Gasteiger partial charge in [0.1, 0.15) is 11.1 Å². The summed E-state index contributed by atoms with van der Waals surface area (Å²) < 4.78 is 33.2. The second kappa shape index (κ2) is 10.7. The van der Waals surface area contributed by atoms with Crippen LogP contribution in [0.3, 0.4) is 0 Å². The average molecular weight is 533 g/mol. The zero-order chi connectivity index (χ0) is 27.7. The van der Waals surface area contributed by atoms with E-state index in [1.165, 1.54) is 32.5 Å². The number of methoxy groups -OCH3 is 2. The lowest BCUT2D eigenvalue weighted by molar-refractivity contribution is 0.102. The first-order valence-corrected chi connectivity index (χ1v) is 12.7. The third kappa shape index (κ3) is 5.01. The highest BCUT2D eigenvalue weighted by molar-refractivity contribution is 6.05. The number of rotatable bonds is 7. The van der Waals surface area contributed by atoms with E-state index < -0.39 is 11.7 Å². The van der Waals surface area contributed by atoms with Crippen molar-refractivity contribution in [2.24, 2.45) is 0 Å². The van der Waals surface area contributed by atoms with E-state index >= 15 is 4.39 Å². The van der Waals surface area contributed by atoms with Crippen LogP contribution in [0.15, 0.2) is 47.4 Å². The van der Waals surface area contributed by atoms with Gasteiger partial charge in [0.15, 0.2) is 23.1 Å². The molecule has 0 saturated heterocycles. The summed E-state index contributed by atoms with van der Waals surface area (Å²) in [5.41, 5.74) is 2.19. The predicted octanol–water partition coefficient (Wildman–Crippen LogP) is 5.72. The van der Waals surface area contributed by atoms with Crippen molar-refractivity contribution in [3.63, 3.8) is 0 Å². The summed E-state index contributed by atoms with van der Waals surface area (Å²) in [6.07, 6.45) is 5.47. The predicted molar refractivity (Wildman–Crippen MR) is 145 cm³/mol. The first-order valence-electron chi connectivity index (χ1n) is 12.7. The van der Waals surface area contributed by atoms with Crippen molar-refractivity contribution >= 4 is 22.6 Å². The van der Waals surface area contributed by atoms with Gasteiger partial charge < -0.3 is 24.1 Å². The van der Waals surface area contributed by atoms with Gasteiger partial charge in [-0.2, -0.15) is 0 Å². The summed E-state index contributed by atoms with van der Waals surface area (Å²) in [5.74, 6) is -0.462. The molecule has 0 bridgehead atoms. The average Bonchev–Trinajstić information content (AvgIpc) is 3.43. The third-order valence-corrected chi connectivity index (χ3v) is 6.98. The van der Waals surface area contributed by atoms with E-state index in [0.717, 1.165) is 37.4 Å². The number of benzene rings is 1. The minimum atomic E-state index is -0.706. The van der Waals surface area contributed by atoms with Crippen LogP contribution >= 0.6 is 0 Å². The topological polar surface area (TPSA) is 105 Å². The lowest BCUT2D eigenvalue weighted by Crippen LogP contribution is -2.33. The SMILES string of the molecule is COc1cc2nccc(Oc3ccc(NC(=O)c4c(C)cc(C)n(C5CCCC5)c4=O)cc3F)c2nc1OC. The number of aromatic nitrogens is 3. The second-order valence-electron chi connectivity index (χ2n) is 9.54. The van der Waals surface area contributed by atoms with Crippen molar-refractivity contribution in [2.75, 3.05) is 19.5 Å². The fraction of sp³-hybridized carbons (Fsp3) is 0.310. The summed E-state index contributed by atoms with van der Waals surface area (Å²) in [4.78, 5) is 35.2. The number of aryl methyl sites for hydroxylation is 2. The molecule has 9 nitrogen and oxygen atoms in total. The van der Waals surface area contributed by atoms with E-state index in [2.05, 4.69) is 15.3 Å². The van der Waals surface area contributed by atoms with E-state index in [0.29, 0.717) is 22.3 Å². The highest BCUT2D eigenvalue weighted by Crippen LogP contribution is 2.35. The molecule has 1 fully saturated rings. The van der Waals surface area contributed by atoms with Gasteiger partial charge in [0.25, 0.3) is 17.3 Å². The number of hydrogen-bond acceptors (Lipinski definition) is 7. The number of pyridine rings is 3. The zero-order valence-corrected chi connectivity index (χ0v) is 22.2. The van der Waals surface area contributed by atoms with Crippen molar-refractivity contribution in [3.05, 3.63) is 75.6 Å². The van der Waals surface area contributed by atoms with Gasteiger partial charge in [0, 0.05) is 41.8 Å². The Morgan fingerprint density at radius 2 is 1.79 bits per heavy atom. The molecule has 39 heavy (non-hydrogen) atoms. The van der Waals surface area contributed by atoms with Crippen LogP contribution in [-0.4, -0.2) is 34.7 Å². The number of anilines is 1. The third-order valence-electron chi connectivity index (χ3n) is 6.98. The first kappa shape index (κ1) is 26.1. The van der Waals surface area contributed by atoms with Crippen molar-refractivity contribution in [2.45, 2.75) is 45.6 Å². The van der Waals surface area contributed by atoms with Crippen LogP contribution in [0.25, 0.3) is 11.0 Å². The largest absolute Gasteiger partial charge is 0.491 e. The Labute approximate surface area is 224 Å². The van der Waals surface area contributed by atoms with Gasteiger partial charge in [-0.25, -0.2) is 9.37 Å². The highest BCUT2D eigenvalue weighted by Gasteiger charge is 2.24. The van der Waals surface area contributed by atoms with Crippen LogP contribution in [0.2, 0.25) is 0 Å². The van der Waals surface area contributed by atoms with E-state index in [-0.39, 0.29) is 40.2 Å². The van der Waals surface area contributed by atoms with Crippen molar-refractivity contribution in [3.8, 4) is 23.1 Å². The molecule has 1 N–H and O–H groups in total. The molecule has 1 aromatic carbocycles. The Balaban J connectivity index is 1.40. The highest BCUT2D eigenvalue weighted by atomic mass is 19.1. The summed E-state index contributed by atoms with van der Waals surface area (Å²) in [5, 5.41) is 2.67. The number of amides is 1. The molecule has 3 aromatic heterocycles. The van der Waals surface area contributed by atoms with E-state index in [4.69, 9.17) is 14.2 Å². The molecular formula is C29H29FN4O5. The maximum atomic E-state index is 15.1. The quantitative estimate of drug-likeness (QED) is 0.324. The van der Waals surface area contributed by atoms with E-state index in [1.807, 2.05) is 13.0 Å². The zero-order valence-electron chi connectivity index (χ0n) is 22.2. The van der Waals surface area contributed by atoms with Gasteiger partial charge in [-0.1, -0.05) is 12.8 Å². The Hall–Kier alpha value is -4.47. The smallest absolute Gasteiger partial charge is 0.264 e. The van der Waals surface area contributed by atoms with Crippen molar-refractivity contribution in [1.82, 2.24) is 14.5 Å². The minimum Gasteiger partial charge on any atom is -0.491 e. The molecule has 0 atom stereocenters. The molecule has 0 spiro atoms. The van der Waals surface area contributed by atoms with E-state index in [1.54, 1.807) is 23.6 Å². The molecule has 4 aromatic rings. The maximum absolute atomic E-state index is 15.1. The number of carbonyl (C=O) groups is 1. The molecule has 5 rings (SSSR count). The number of fused-ring (bicyclic) bond motifs is 1. The van der Waals surface area contributed by atoms with Gasteiger partial charge >= 0.3 is 0 Å². The molecule has 1 aliphatic rings. The molecule has 1 amide bonds. The molecule has 10 heteroatoms. The van der Waals surface area contributed by atoms with Crippen LogP contribution in [0, 0.1) is 19.7 Å². The second-order valence-corrected chi connectivity index (χ2v) is 9.54. The Morgan fingerprint density at radius 1 is 1.03 bits per heavy atom.